The van der Waals surface area contributed by atoms with E-state index in [0.717, 1.165) is 49.7 Å². The van der Waals surface area contributed by atoms with E-state index in [0.29, 0.717) is 11.1 Å². The van der Waals surface area contributed by atoms with Crippen molar-refractivity contribution in [3.63, 3.8) is 0 Å². The van der Waals surface area contributed by atoms with Gasteiger partial charge in [-0.3, -0.25) is 34.3 Å². The average Bonchev–Trinajstić information content (AvgIpc) is 3.04. The molecule has 1 aromatic carbocycles. The number of nitrogens with one attached hydrogen (secondary N) is 1. The van der Waals surface area contributed by atoms with E-state index in [1.807, 2.05) is 12.1 Å². The molecule has 2 saturated heterocycles. The molecule has 32 heavy (non-hydrogen) atoms. The number of imide groups is 2. The molecule has 3 aliphatic heterocycles. The molecule has 8 nitrogen and oxygen atoms in total. The molecule has 0 radical (unpaired) electrons. The number of carbonyl (C=O) groups is 4. The predicted molar refractivity (Wildman–Crippen MR) is 120 cm³/mol. The fraction of sp³-hybridized carbons (Fsp3) is 0.500. The van der Waals surface area contributed by atoms with Crippen LogP contribution in [0.3, 0.4) is 0 Å². The largest absolute Gasteiger partial charge is 0.369 e. The number of nitrogens with zero attached hydrogens (tertiary/aromatic N) is 3. The maximum Gasteiger partial charge on any atom is 0.262 e. The molecule has 4 rings (SSSR count). The third kappa shape index (κ3) is 4.46. The van der Waals surface area contributed by atoms with Gasteiger partial charge in [-0.1, -0.05) is 12.5 Å². The molecule has 3 aliphatic rings. The molecule has 3 heterocycles. The molecule has 0 aromatic heterocycles. The van der Waals surface area contributed by atoms with Crippen molar-refractivity contribution in [3.05, 3.63) is 42.0 Å². The topological polar surface area (TPSA) is 90.0 Å². The molecular formula is C24H30N4O4. The van der Waals surface area contributed by atoms with Crippen LogP contribution in [0, 0.1) is 0 Å². The Morgan fingerprint density at radius 2 is 1.72 bits per heavy atom. The summed E-state index contributed by atoms with van der Waals surface area (Å²) < 4.78 is 0. The maximum atomic E-state index is 13.0. The minimum atomic E-state index is -0.932. The van der Waals surface area contributed by atoms with E-state index in [1.165, 1.54) is 19.3 Å². The van der Waals surface area contributed by atoms with Gasteiger partial charge < -0.3 is 4.90 Å². The van der Waals surface area contributed by atoms with Gasteiger partial charge in [0.25, 0.3) is 11.8 Å². The second-order valence-electron chi connectivity index (χ2n) is 8.64. The molecule has 0 saturated carbocycles. The van der Waals surface area contributed by atoms with Crippen LogP contribution in [0.15, 0.2) is 30.9 Å². The smallest absolute Gasteiger partial charge is 0.262 e. The first-order valence-corrected chi connectivity index (χ1v) is 11.4. The number of anilines is 1. The van der Waals surface area contributed by atoms with Crippen molar-refractivity contribution >= 4 is 29.3 Å². The number of allylic oxidation sites excluding steroid dienone is 1. The van der Waals surface area contributed by atoms with E-state index < -0.39 is 23.8 Å². The van der Waals surface area contributed by atoms with Gasteiger partial charge in [0.1, 0.15) is 6.04 Å². The maximum absolute atomic E-state index is 13.0. The van der Waals surface area contributed by atoms with Gasteiger partial charge in [-0.25, -0.2) is 0 Å². The fourth-order valence-electron chi connectivity index (χ4n) is 4.69. The Labute approximate surface area is 188 Å². The van der Waals surface area contributed by atoms with Gasteiger partial charge in [0.2, 0.25) is 11.8 Å². The van der Waals surface area contributed by atoms with Crippen LogP contribution in [-0.4, -0.2) is 72.2 Å². The lowest BCUT2D eigenvalue weighted by atomic mass is 10.0. The summed E-state index contributed by atoms with van der Waals surface area (Å²) in [5.41, 5.74) is 1.57. The molecule has 1 aromatic rings. The van der Waals surface area contributed by atoms with Crippen molar-refractivity contribution in [2.45, 2.75) is 44.6 Å². The highest BCUT2D eigenvalue weighted by molar-refractivity contribution is 6.23. The lowest BCUT2D eigenvalue weighted by Gasteiger charge is -2.36. The Balaban J connectivity index is 1.38. The van der Waals surface area contributed by atoms with Crippen LogP contribution in [0.4, 0.5) is 5.69 Å². The Bertz CT molecular complexity index is 936. The van der Waals surface area contributed by atoms with Gasteiger partial charge in [-0.05, 0) is 50.4 Å². The van der Waals surface area contributed by atoms with E-state index in [1.54, 1.807) is 12.1 Å². The van der Waals surface area contributed by atoms with Crippen LogP contribution in [0.2, 0.25) is 0 Å². The highest BCUT2D eigenvalue weighted by atomic mass is 16.2. The van der Waals surface area contributed by atoms with Crippen molar-refractivity contribution in [1.29, 1.82) is 0 Å². The van der Waals surface area contributed by atoms with Gasteiger partial charge >= 0.3 is 0 Å². The Morgan fingerprint density at radius 1 is 0.969 bits per heavy atom. The molecule has 4 amide bonds. The normalized spacial score (nSPS) is 21.7. The third-order valence-electron chi connectivity index (χ3n) is 6.54. The molecular weight excluding hydrogens is 408 g/mol. The lowest BCUT2D eigenvalue weighted by Crippen LogP contribution is -2.54. The molecule has 1 unspecified atom stereocenters. The van der Waals surface area contributed by atoms with E-state index in [4.69, 9.17) is 0 Å². The van der Waals surface area contributed by atoms with Crippen molar-refractivity contribution in [3.8, 4) is 0 Å². The summed E-state index contributed by atoms with van der Waals surface area (Å²) in [6, 6.07) is 4.40. The summed E-state index contributed by atoms with van der Waals surface area (Å²) in [6.45, 7) is 8.52. The van der Waals surface area contributed by atoms with Crippen molar-refractivity contribution in [2.24, 2.45) is 0 Å². The van der Waals surface area contributed by atoms with Crippen LogP contribution in [0.5, 0.6) is 0 Å². The molecule has 2 fully saturated rings. The first kappa shape index (κ1) is 22.2. The second kappa shape index (κ2) is 9.65. The molecule has 1 atom stereocenters. The van der Waals surface area contributed by atoms with Crippen molar-refractivity contribution in [2.75, 3.05) is 37.6 Å². The quantitative estimate of drug-likeness (QED) is 0.379. The van der Waals surface area contributed by atoms with Crippen LogP contribution in [0.25, 0.3) is 0 Å². The minimum absolute atomic E-state index is 0.119. The Hall–Kier alpha value is -3.00. The number of benzene rings is 1. The number of piperazine rings is 1. The van der Waals surface area contributed by atoms with E-state index >= 15 is 0 Å². The van der Waals surface area contributed by atoms with E-state index in [9.17, 15) is 19.2 Å². The molecule has 0 aliphatic carbocycles. The van der Waals surface area contributed by atoms with Crippen molar-refractivity contribution < 1.29 is 19.2 Å². The van der Waals surface area contributed by atoms with Crippen LogP contribution in [-0.2, 0) is 9.59 Å². The number of fused-ring (bicyclic) bond motifs is 1. The summed E-state index contributed by atoms with van der Waals surface area (Å²) in [7, 11) is 0. The standard InChI is InChI=1S/C24H30N4O4/c1-2-3-4-5-6-11-26-12-14-27(15-13-26)17-7-8-18-19(16-17)24(32)28(23(18)31)20-9-10-21(29)25-22(20)30/h2,7-8,16,20H,1,3-6,9-15H2,(H,25,29,30). The highest BCUT2D eigenvalue weighted by Crippen LogP contribution is 2.31. The van der Waals surface area contributed by atoms with Crippen LogP contribution in [0.1, 0.15) is 59.2 Å². The van der Waals surface area contributed by atoms with E-state index in [2.05, 4.69) is 21.7 Å². The minimum Gasteiger partial charge on any atom is -0.369 e. The van der Waals surface area contributed by atoms with Crippen LogP contribution >= 0.6 is 0 Å². The summed E-state index contributed by atoms with van der Waals surface area (Å²) in [5.74, 6) is -1.88. The average molecular weight is 439 g/mol. The third-order valence-corrected chi connectivity index (χ3v) is 6.54. The van der Waals surface area contributed by atoms with Gasteiger partial charge in [-0.2, -0.15) is 0 Å². The SMILES string of the molecule is C=CCCCCCN1CCN(c2ccc3c(c2)C(=O)N(C2CCC(=O)NC2=O)C3=O)CC1. The number of carbonyl (C=O) groups excluding carboxylic acids is 4. The molecule has 1 N–H and O–H groups in total. The number of amides is 4. The first-order chi connectivity index (χ1) is 15.5. The predicted octanol–water partition coefficient (Wildman–Crippen LogP) is 1.96. The van der Waals surface area contributed by atoms with Gasteiger partial charge in [0.15, 0.2) is 0 Å². The zero-order chi connectivity index (χ0) is 22.7. The Kier molecular flexibility index (Phi) is 6.69. The van der Waals surface area contributed by atoms with Gasteiger partial charge in [0.05, 0.1) is 11.1 Å². The zero-order valence-electron chi connectivity index (χ0n) is 18.3. The summed E-state index contributed by atoms with van der Waals surface area (Å²) in [6.07, 6.45) is 6.94. The number of hydrogen-bond donors (Lipinski definition) is 1. The molecule has 0 bridgehead atoms. The lowest BCUT2D eigenvalue weighted by molar-refractivity contribution is -0.136. The number of rotatable bonds is 8. The van der Waals surface area contributed by atoms with Crippen molar-refractivity contribution in [1.82, 2.24) is 15.1 Å². The number of unbranched alkanes of at least 4 members (excludes halogenated alkanes) is 3. The zero-order valence-corrected chi connectivity index (χ0v) is 18.3. The number of hydrogen-bond acceptors (Lipinski definition) is 6. The second-order valence-corrected chi connectivity index (χ2v) is 8.64. The molecule has 8 heteroatoms. The Morgan fingerprint density at radius 3 is 2.44 bits per heavy atom. The summed E-state index contributed by atoms with van der Waals surface area (Å²) >= 11 is 0. The fourth-order valence-corrected chi connectivity index (χ4v) is 4.69. The summed E-state index contributed by atoms with van der Waals surface area (Å²) in [5, 5.41) is 2.22. The van der Waals surface area contributed by atoms with Crippen LogP contribution < -0.4 is 10.2 Å². The molecule has 0 spiro atoms. The van der Waals surface area contributed by atoms with E-state index in [-0.39, 0.29) is 18.7 Å². The first-order valence-electron chi connectivity index (χ1n) is 11.4. The molecule has 170 valence electrons. The number of piperidine rings is 1. The monoisotopic (exact) mass is 438 g/mol. The van der Waals surface area contributed by atoms with Gasteiger partial charge in [-0.15, -0.1) is 6.58 Å². The summed E-state index contributed by atoms with van der Waals surface area (Å²) in [4.78, 5) is 55.2. The van der Waals surface area contributed by atoms with Gasteiger partial charge in [0, 0.05) is 38.3 Å². The highest BCUT2D eigenvalue weighted by Gasteiger charge is 2.44.